The number of benzene rings is 1. The van der Waals surface area contributed by atoms with E-state index in [1.165, 1.54) is 6.20 Å². The Morgan fingerprint density at radius 2 is 2.33 bits per heavy atom. The summed E-state index contributed by atoms with van der Waals surface area (Å²) in [5, 5.41) is 8.84. The van der Waals surface area contributed by atoms with Crippen molar-refractivity contribution in [2.45, 2.75) is 11.0 Å². The maximum atomic E-state index is 10.8. The quantitative estimate of drug-likeness (QED) is 0.868. The molecule has 1 unspecified atom stereocenters. The molecule has 92 valence electrons. The molecule has 0 aliphatic carbocycles. The largest absolute Gasteiger partial charge is 0.480 e. The normalized spacial score (nSPS) is 17.9. The van der Waals surface area contributed by atoms with Crippen molar-refractivity contribution in [2.75, 3.05) is 5.75 Å². The van der Waals surface area contributed by atoms with E-state index in [1.807, 2.05) is 24.3 Å². The number of hydrogen-bond acceptors (Lipinski definition) is 4. The van der Waals surface area contributed by atoms with Gasteiger partial charge in [-0.15, -0.1) is 11.8 Å². The molecule has 6 heteroatoms. The molecule has 0 radical (unpaired) electrons. The first-order valence-electron chi connectivity index (χ1n) is 5.41. The Morgan fingerprint density at radius 3 is 3.11 bits per heavy atom. The highest BCUT2D eigenvalue weighted by Crippen LogP contribution is 2.39. The number of thioether (sulfide) groups is 1. The summed E-state index contributed by atoms with van der Waals surface area (Å²) in [7, 11) is 0. The molecule has 0 amide bonds. The van der Waals surface area contributed by atoms with Gasteiger partial charge in [-0.3, -0.25) is 0 Å². The lowest BCUT2D eigenvalue weighted by molar-refractivity contribution is 0.0690. The number of rotatable bonds is 2. The lowest BCUT2D eigenvalue weighted by Crippen LogP contribution is -2.16. The van der Waals surface area contributed by atoms with Crippen molar-refractivity contribution in [1.82, 2.24) is 9.97 Å². The first-order chi connectivity index (χ1) is 8.74. The molecule has 3 rings (SSSR count). The predicted octanol–water partition coefficient (Wildman–Crippen LogP) is 2.33. The second kappa shape index (κ2) is 4.38. The van der Waals surface area contributed by atoms with Gasteiger partial charge in [-0.05, 0) is 12.1 Å². The van der Waals surface area contributed by atoms with Crippen molar-refractivity contribution in [3.05, 3.63) is 42.0 Å². The molecule has 2 N–H and O–H groups in total. The van der Waals surface area contributed by atoms with Gasteiger partial charge in [0.05, 0.1) is 6.20 Å². The summed E-state index contributed by atoms with van der Waals surface area (Å²) >= 11 is 1.68. The number of para-hydroxylation sites is 1. The van der Waals surface area contributed by atoms with Crippen molar-refractivity contribution < 1.29 is 14.6 Å². The lowest BCUT2D eigenvalue weighted by Gasteiger charge is -2.23. The Balaban J connectivity index is 1.85. The van der Waals surface area contributed by atoms with Crippen LogP contribution in [0.5, 0.6) is 5.75 Å². The van der Waals surface area contributed by atoms with E-state index in [2.05, 4.69) is 9.97 Å². The van der Waals surface area contributed by atoms with E-state index in [0.29, 0.717) is 11.6 Å². The molecule has 1 aromatic carbocycles. The molecular formula is C12H10N2O3S. The Hall–Kier alpha value is -1.95. The monoisotopic (exact) mass is 262 g/mol. The third-order valence-corrected chi connectivity index (χ3v) is 3.76. The van der Waals surface area contributed by atoms with E-state index in [4.69, 9.17) is 9.84 Å². The maximum absolute atomic E-state index is 10.8. The number of H-pyrrole nitrogens is 1. The van der Waals surface area contributed by atoms with Crippen LogP contribution in [0.4, 0.5) is 0 Å². The number of ether oxygens (including phenoxy) is 1. The molecule has 0 fully saturated rings. The van der Waals surface area contributed by atoms with Gasteiger partial charge in [0.15, 0.2) is 6.10 Å². The third-order valence-electron chi connectivity index (χ3n) is 2.64. The molecule has 1 atom stereocenters. The van der Waals surface area contributed by atoms with Crippen LogP contribution in [0.1, 0.15) is 22.4 Å². The van der Waals surface area contributed by atoms with E-state index in [1.54, 1.807) is 11.8 Å². The number of aromatic amines is 1. The fraction of sp³-hybridized carbons (Fsp3) is 0.167. The highest BCUT2D eigenvalue weighted by molar-refractivity contribution is 7.99. The van der Waals surface area contributed by atoms with Gasteiger partial charge in [0.2, 0.25) is 0 Å². The van der Waals surface area contributed by atoms with Crippen LogP contribution in [0, 0.1) is 0 Å². The SMILES string of the molecule is O=C(O)c1cnc(C2CSc3ccccc3O2)[nH]1. The molecule has 2 heterocycles. The van der Waals surface area contributed by atoms with Crippen molar-refractivity contribution >= 4 is 17.7 Å². The molecule has 0 bridgehead atoms. The first kappa shape index (κ1) is 11.2. The van der Waals surface area contributed by atoms with Gasteiger partial charge in [0, 0.05) is 10.6 Å². The number of carboxylic acid groups (broad SMARTS) is 1. The van der Waals surface area contributed by atoms with Gasteiger partial charge in [0.1, 0.15) is 17.3 Å². The van der Waals surface area contributed by atoms with Crippen LogP contribution in [-0.4, -0.2) is 26.8 Å². The Morgan fingerprint density at radius 1 is 1.50 bits per heavy atom. The van der Waals surface area contributed by atoms with E-state index in [-0.39, 0.29) is 11.8 Å². The molecular weight excluding hydrogens is 252 g/mol. The molecule has 2 aromatic rings. The van der Waals surface area contributed by atoms with Crippen LogP contribution in [0.15, 0.2) is 35.4 Å². The number of hydrogen-bond donors (Lipinski definition) is 2. The molecule has 18 heavy (non-hydrogen) atoms. The van der Waals surface area contributed by atoms with Crippen LogP contribution in [0.3, 0.4) is 0 Å². The maximum Gasteiger partial charge on any atom is 0.353 e. The number of carbonyl (C=O) groups is 1. The molecule has 0 saturated carbocycles. The molecule has 1 aromatic heterocycles. The van der Waals surface area contributed by atoms with E-state index in [9.17, 15) is 4.79 Å². The highest BCUT2D eigenvalue weighted by atomic mass is 32.2. The first-order valence-corrected chi connectivity index (χ1v) is 6.39. The Kier molecular flexibility index (Phi) is 2.71. The minimum Gasteiger partial charge on any atom is -0.480 e. The number of nitrogens with zero attached hydrogens (tertiary/aromatic N) is 1. The van der Waals surface area contributed by atoms with Crippen LogP contribution in [-0.2, 0) is 0 Å². The van der Waals surface area contributed by atoms with Gasteiger partial charge >= 0.3 is 5.97 Å². The standard InChI is InChI=1S/C12H10N2O3S/c15-12(16)7-5-13-11(14-7)9-6-18-10-4-2-1-3-8(10)17-9/h1-5,9H,6H2,(H,13,14)(H,15,16). The van der Waals surface area contributed by atoms with Crippen molar-refractivity contribution in [3.8, 4) is 5.75 Å². The summed E-state index contributed by atoms with van der Waals surface area (Å²) in [6.07, 6.45) is 1.07. The zero-order chi connectivity index (χ0) is 12.5. The number of aromatic carboxylic acids is 1. The molecule has 1 aliphatic heterocycles. The van der Waals surface area contributed by atoms with Gasteiger partial charge in [0.25, 0.3) is 0 Å². The number of aromatic nitrogens is 2. The topological polar surface area (TPSA) is 75.2 Å². The minimum absolute atomic E-state index is 0.0810. The summed E-state index contributed by atoms with van der Waals surface area (Å²) in [6, 6.07) is 7.77. The van der Waals surface area contributed by atoms with E-state index in [0.717, 1.165) is 10.6 Å². The average molecular weight is 262 g/mol. The van der Waals surface area contributed by atoms with Gasteiger partial charge in [-0.25, -0.2) is 9.78 Å². The average Bonchev–Trinajstić information content (AvgIpc) is 2.88. The highest BCUT2D eigenvalue weighted by Gasteiger charge is 2.24. The van der Waals surface area contributed by atoms with Crippen molar-refractivity contribution in [2.24, 2.45) is 0 Å². The lowest BCUT2D eigenvalue weighted by atomic mass is 10.3. The van der Waals surface area contributed by atoms with Gasteiger partial charge < -0.3 is 14.8 Å². The van der Waals surface area contributed by atoms with Crippen LogP contribution in [0.2, 0.25) is 0 Å². The molecule has 0 saturated heterocycles. The zero-order valence-corrected chi connectivity index (χ0v) is 10.1. The summed E-state index contributed by atoms with van der Waals surface area (Å²) in [5.41, 5.74) is 0.0810. The van der Waals surface area contributed by atoms with Crippen molar-refractivity contribution in [3.63, 3.8) is 0 Å². The number of nitrogens with one attached hydrogen (secondary N) is 1. The Labute approximate surface area is 107 Å². The van der Waals surface area contributed by atoms with Crippen LogP contribution >= 0.6 is 11.8 Å². The fourth-order valence-corrected chi connectivity index (χ4v) is 2.75. The van der Waals surface area contributed by atoms with Gasteiger partial charge in [-0.1, -0.05) is 12.1 Å². The predicted molar refractivity (Wildman–Crippen MR) is 66.1 cm³/mol. The third kappa shape index (κ3) is 1.95. The number of fused-ring (bicyclic) bond motifs is 1. The zero-order valence-electron chi connectivity index (χ0n) is 9.29. The Bertz CT molecular complexity index is 597. The van der Waals surface area contributed by atoms with E-state index >= 15 is 0 Å². The molecule has 0 spiro atoms. The van der Waals surface area contributed by atoms with Crippen LogP contribution in [0.25, 0.3) is 0 Å². The van der Waals surface area contributed by atoms with Crippen molar-refractivity contribution in [1.29, 1.82) is 0 Å². The summed E-state index contributed by atoms with van der Waals surface area (Å²) in [5.74, 6) is 1.06. The smallest absolute Gasteiger partial charge is 0.353 e. The summed E-state index contributed by atoms with van der Waals surface area (Å²) < 4.78 is 5.80. The van der Waals surface area contributed by atoms with E-state index < -0.39 is 5.97 Å². The fourth-order valence-electron chi connectivity index (χ4n) is 1.76. The molecule has 5 nitrogen and oxygen atoms in total. The van der Waals surface area contributed by atoms with Gasteiger partial charge in [-0.2, -0.15) is 0 Å². The van der Waals surface area contributed by atoms with Crippen LogP contribution < -0.4 is 4.74 Å². The minimum atomic E-state index is -1.02. The molecule has 1 aliphatic rings. The summed E-state index contributed by atoms with van der Waals surface area (Å²) in [4.78, 5) is 18.7. The second-order valence-electron chi connectivity index (χ2n) is 3.85. The second-order valence-corrected chi connectivity index (χ2v) is 4.91. The number of imidazole rings is 1. The number of carboxylic acids is 1. The summed E-state index contributed by atoms with van der Waals surface area (Å²) in [6.45, 7) is 0.